The van der Waals surface area contributed by atoms with Crippen molar-refractivity contribution in [1.82, 2.24) is 5.32 Å². The Hall–Kier alpha value is -1.62. The molecule has 2 unspecified atom stereocenters. The molecule has 0 amide bonds. The van der Waals surface area contributed by atoms with Crippen molar-refractivity contribution in [3.63, 3.8) is 0 Å². The Morgan fingerprint density at radius 1 is 1.29 bits per heavy atom. The van der Waals surface area contributed by atoms with Gasteiger partial charge in [-0.15, -0.1) is 0 Å². The van der Waals surface area contributed by atoms with Crippen LogP contribution in [0, 0.1) is 16.0 Å². The minimum absolute atomic E-state index is 0.0912. The van der Waals surface area contributed by atoms with Crippen LogP contribution in [0.4, 0.5) is 5.69 Å². The third kappa shape index (κ3) is 4.70. The second-order valence-corrected chi connectivity index (χ2v) is 5.61. The van der Waals surface area contributed by atoms with Gasteiger partial charge < -0.3 is 10.1 Å². The molecular weight excluding hydrogens is 268 g/mol. The smallest absolute Gasteiger partial charge is 0.269 e. The van der Waals surface area contributed by atoms with Crippen molar-refractivity contribution in [2.24, 2.45) is 5.92 Å². The van der Waals surface area contributed by atoms with Gasteiger partial charge in [-0.1, -0.05) is 26.2 Å². The molecule has 5 heteroatoms. The van der Waals surface area contributed by atoms with Crippen LogP contribution in [0.3, 0.4) is 0 Å². The van der Waals surface area contributed by atoms with Gasteiger partial charge in [0.05, 0.1) is 4.92 Å². The minimum atomic E-state index is -0.403. The molecule has 0 radical (unpaired) electrons. The molecule has 5 nitrogen and oxygen atoms in total. The van der Waals surface area contributed by atoms with E-state index in [9.17, 15) is 10.1 Å². The number of benzene rings is 1. The predicted octanol–water partition coefficient (Wildman–Crippen LogP) is 3.53. The fourth-order valence-corrected chi connectivity index (χ4v) is 3.04. The number of non-ortho nitro benzene ring substituents is 1. The van der Waals surface area contributed by atoms with Gasteiger partial charge in [0.1, 0.15) is 12.4 Å². The maximum atomic E-state index is 10.6. The molecule has 1 aromatic rings. The number of hydrogen-bond acceptors (Lipinski definition) is 4. The lowest BCUT2D eigenvalue weighted by molar-refractivity contribution is -0.384. The van der Waals surface area contributed by atoms with Crippen molar-refractivity contribution >= 4 is 5.69 Å². The first-order chi connectivity index (χ1) is 10.2. The average Bonchev–Trinajstić information content (AvgIpc) is 2.52. The van der Waals surface area contributed by atoms with E-state index in [4.69, 9.17) is 4.74 Å². The molecule has 1 aromatic carbocycles. The molecule has 2 rings (SSSR count). The zero-order chi connectivity index (χ0) is 15.1. The Labute approximate surface area is 125 Å². The van der Waals surface area contributed by atoms with Crippen LogP contribution in [-0.2, 0) is 0 Å². The fraction of sp³-hybridized carbons (Fsp3) is 0.625. The highest BCUT2D eigenvalue weighted by Gasteiger charge is 2.22. The topological polar surface area (TPSA) is 64.4 Å². The van der Waals surface area contributed by atoms with E-state index in [1.54, 1.807) is 12.1 Å². The van der Waals surface area contributed by atoms with E-state index in [0.717, 1.165) is 12.5 Å². The molecule has 1 fully saturated rings. The molecule has 116 valence electrons. The van der Waals surface area contributed by atoms with Crippen LogP contribution in [0.15, 0.2) is 24.3 Å². The van der Waals surface area contributed by atoms with Crippen molar-refractivity contribution in [2.75, 3.05) is 13.2 Å². The third-order valence-electron chi connectivity index (χ3n) is 4.26. The highest BCUT2D eigenvalue weighted by Crippen LogP contribution is 2.26. The summed E-state index contributed by atoms with van der Waals surface area (Å²) in [7, 11) is 0. The molecule has 0 heterocycles. The standard InChI is InChI=1S/C16H24N2O3/c1-2-13-5-3-4-6-16(13)17-11-12-21-15-9-7-14(8-10-15)18(19)20/h7-10,13,16-17H,2-6,11-12H2,1H3. The lowest BCUT2D eigenvalue weighted by Gasteiger charge is -2.31. The average molecular weight is 292 g/mol. The van der Waals surface area contributed by atoms with E-state index in [2.05, 4.69) is 12.2 Å². The van der Waals surface area contributed by atoms with Gasteiger partial charge in [0.25, 0.3) is 5.69 Å². The summed E-state index contributed by atoms with van der Waals surface area (Å²) in [4.78, 5) is 10.2. The Morgan fingerprint density at radius 2 is 2.00 bits per heavy atom. The van der Waals surface area contributed by atoms with Crippen LogP contribution in [-0.4, -0.2) is 24.1 Å². The highest BCUT2D eigenvalue weighted by molar-refractivity contribution is 5.35. The van der Waals surface area contributed by atoms with Crippen molar-refractivity contribution in [1.29, 1.82) is 0 Å². The Morgan fingerprint density at radius 3 is 2.67 bits per heavy atom. The molecular formula is C16H24N2O3. The van der Waals surface area contributed by atoms with Gasteiger partial charge in [-0.05, 0) is 30.9 Å². The number of nitrogens with zero attached hydrogens (tertiary/aromatic N) is 1. The zero-order valence-corrected chi connectivity index (χ0v) is 12.6. The maximum absolute atomic E-state index is 10.6. The van der Waals surface area contributed by atoms with E-state index >= 15 is 0 Å². The summed E-state index contributed by atoms with van der Waals surface area (Å²) in [5, 5.41) is 14.2. The van der Waals surface area contributed by atoms with Crippen LogP contribution >= 0.6 is 0 Å². The summed E-state index contributed by atoms with van der Waals surface area (Å²) in [6, 6.07) is 6.85. The lowest BCUT2D eigenvalue weighted by atomic mass is 9.83. The van der Waals surface area contributed by atoms with Crippen LogP contribution < -0.4 is 10.1 Å². The van der Waals surface area contributed by atoms with Crippen LogP contribution in [0.5, 0.6) is 5.75 Å². The quantitative estimate of drug-likeness (QED) is 0.474. The van der Waals surface area contributed by atoms with Crippen LogP contribution in [0.2, 0.25) is 0 Å². The molecule has 1 aliphatic rings. The molecule has 21 heavy (non-hydrogen) atoms. The Bertz CT molecular complexity index is 447. The summed E-state index contributed by atoms with van der Waals surface area (Å²) in [6.07, 6.45) is 6.50. The number of rotatable bonds is 7. The van der Waals surface area contributed by atoms with Crippen molar-refractivity contribution in [3.05, 3.63) is 34.4 Å². The van der Waals surface area contributed by atoms with E-state index in [1.165, 1.54) is 44.2 Å². The molecule has 1 saturated carbocycles. The van der Waals surface area contributed by atoms with Gasteiger partial charge in [0.15, 0.2) is 0 Å². The van der Waals surface area contributed by atoms with E-state index in [-0.39, 0.29) is 5.69 Å². The number of hydrogen-bond donors (Lipinski definition) is 1. The van der Waals surface area contributed by atoms with Crippen molar-refractivity contribution < 1.29 is 9.66 Å². The molecule has 0 aromatic heterocycles. The zero-order valence-electron chi connectivity index (χ0n) is 12.6. The summed E-state index contributed by atoms with van der Waals surface area (Å²) in [5.74, 6) is 1.47. The minimum Gasteiger partial charge on any atom is -0.492 e. The SMILES string of the molecule is CCC1CCCCC1NCCOc1ccc([N+](=O)[O-])cc1. The lowest BCUT2D eigenvalue weighted by Crippen LogP contribution is -2.40. The summed E-state index contributed by atoms with van der Waals surface area (Å²) >= 11 is 0. The normalized spacial score (nSPS) is 22.0. The monoisotopic (exact) mass is 292 g/mol. The van der Waals surface area contributed by atoms with Gasteiger partial charge in [-0.25, -0.2) is 0 Å². The highest BCUT2D eigenvalue weighted by atomic mass is 16.6. The summed E-state index contributed by atoms with van der Waals surface area (Å²) in [6.45, 7) is 3.67. The third-order valence-corrected chi connectivity index (χ3v) is 4.26. The Balaban J connectivity index is 1.70. The van der Waals surface area contributed by atoms with Gasteiger partial charge in [0, 0.05) is 24.7 Å². The first kappa shape index (κ1) is 15.8. The van der Waals surface area contributed by atoms with Crippen LogP contribution in [0.1, 0.15) is 39.0 Å². The van der Waals surface area contributed by atoms with Gasteiger partial charge >= 0.3 is 0 Å². The van der Waals surface area contributed by atoms with E-state index < -0.39 is 4.92 Å². The summed E-state index contributed by atoms with van der Waals surface area (Å²) in [5.41, 5.74) is 0.0912. The number of nitro benzene ring substituents is 1. The van der Waals surface area contributed by atoms with Crippen molar-refractivity contribution in [2.45, 2.75) is 45.1 Å². The Kier molecular flexibility index (Phi) is 5.99. The first-order valence-corrected chi connectivity index (χ1v) is 7.81. The molecule has 1 aliphatic carbocycles. The van der Waals surface area contributed by atoms with Gasteiger partial charge in [-0.2, -0.15) is 0 Å². The largest absolute Gasteiger partial charge is 0.492 e. The first-order valence-electron chi connectivity index (χ1n) is 7.81. The maximum Gasteiger partial charge on any atom is 0.269 e. The molecule has 0 aliphatic heterocycles. The molecule has 1 N–H and O–H groups in total. The fourth-order valence-electron chi connectivity index (χ4n) is 3.04. The molecule has 0 saturated heterocycles. The predicted molar refractivity (Wildman–Crippen MR) is 82.6 cm³/mol. The van der Waals surface area contributed by atoms with E-state index in [0.29, 0.717) is 18.4 Å². The van der Waals surface area contributed by atoms with E-state index in [1.807, 2.05) is 0 Å². The van der Waals surface area contributed by atoms with Gasteiger partial charge in [0.2, 0.25) is 0 Å². The van der Waals surface area contributed by atoms with Crippen molar-refractivity contribution in [3.8, 4) is 5.75 Å². The second kappa shape index (κ2) is 7.98. The van der Waals surface area contributed by atoms with Crippen LogP contribution in [0.25, 0.3) is 0 Å². The summed E-state index contributed by atoms with van der Waals surface area (Å²) < 4.78 is 5.62. The number of nitrogens with one attached hydrogen (secondary N) is 1. The number of nitro groups is 1. The number of ether oxygens (including phenoxy) is 1. The molecule has 0 spiro atoms. The van der Waals surface area contributed by atoms with Gasteiger partial charge in [-0.3, -0.25) is 10.1 Å². The second-order valence-electron chi connectivity index (χ2n) is 5.61. The molecule has 0 bridgehead atoms. The molecule has 2 atom stereocenters.